The monoisotopic (exact) mass is 488 g/mol. The number of aromatic nitrogens is 2. The van der Waals surface area contributed by atoms with Gasteiger partial charge >= 0.3 is 5.69 Å². The fraction of sp³-hybridized carbons (Fsp3) is 0.391. The Kier molecular flexibility index (Phi) is 7.05. The SMILES string of the molecule is CCn1c(=O)n(CCC(=O)Nc2cc(S(=O)(=O)N3CCOCC3)ccc2OC)c2ccccc21. The maximum Gasteiger partial charge on any atom is 0.329 e. The van der Waals surface area contributed by atoms with Gasteiger partial charge in [-0.15, -0.1) is 0 Å². The van der Waals surface area contributed by atoms with Crippen LogP contribution in [0.25, 0.3) is 11.0 Å². The fourth-order valence-electron chi connectivity index (χ4n) is 4.10. The number of carbonyl (C=O) groups excluding carboxylic acids is 1. The molecule has 0 radical (unpaired) electrons. The molecular formula is C23H28N4O6S. The molecule has 1 N–H and O–H groups in total. The fourth-order valence-corrected chi connectivity index (χ4v) is 5.54. The van der Waals surface area contributed by atoms with Crippen molar-refractivity contribution in [3.05, 3.63) is 52.9 Å². The second kappa shape index (κ2) is 10.00. The number of anilines is 1. The number of sulfonamides is 1. The van der Waals surface area contributed by atoms with E-state index in [4.69, 9.17) is 9.47 Å². The van der Waals surface area contributed by atoms with Crippen LogP contribution in [0.1, 0.15) is 13.3 Å². The number of imidazole rings is 1. The number of ether oxygens (including phenoxy) is 2. The van der Waals surface area contributed by atoms with E-state index in [-0.39, 0.29) is 48.2 Å². The van der Waals surface area contributed by atoms with Crippen LogP contribution in [0.4, 0.5) is 5.69 Å². The van der Waals surface area contributed by atoms with Crippen molar-refractivity contribution >= 4 is 32.7 Å². The molecule has 1 aliphatic heterocycles. The third kappa shape index (κ3) is 4.59. The molecule has 0 spiro atoms. The molecule has 34 heavy (non-hydrogen) atoms. The second-order valence-corrected chi connectivity index (χ2v) is 9.78. The number of fused-ring (bicyclic) bond motifs is 1. The number of methoxy groups -OCH3 is 1. The molecule has 0 bridgehead atoms. The Morgan fingerprint density at radius 2 is 1.76 bits per heavy atom. The molecule has 0 unspecified atom stereocenters. The Morgan fingerprint density at radius 1 is 1.09 bits per heavy atom. The number of benzene rings is 2. The number of aryl methyl sites for hydroxylation is 2. The molecule has 2 aromatic carbocycles. The van der Waals surface area contributed by atoms with Crippen LogP contribution in [0.3, 0.4) is 0 Å². The van der Waals surface area contributed by atoms with Crippen molar-refractivity contribution in [1.82, 2.24) is 13.4 Å². The third-order valence-electron chi connectivity index (χ3n) is 5.86. The Hall–Kier alpha value is -3.15. The zero-order valence-electron chi connectivity index (χ0n) is 19.2. The summed E-state index contributed by atoms with van der Waals surface area (Å²) < 4.78 is 41.2. The number of hydrogen-bond donors (Lipinski definition) is 1. The maximum absolute atomic E-state index is 13.0. The summed E-state index contributed by atoms with van der Waals surface area (Å²) in [5.74, 6) is -0.0199. The van der Waals surface area contributed by atoms with Crippen molar-refractivity contribution in [2.24, 2.45) is 0 Å². The van der Waals surface area contributed by atoms with Crippen molar-refractivity contribution in [3.63, 3.8) is 0 Å². The van der Waals surface area contributed by atoms with Gasteiger partial charge in [-0.05, 0) is 37.3 Å². The molecule has 1 aliphatic rings. The molecule has 1 aromatic heterocycles. The first kappa shape index (κ1) is 24.0. The highest BCUT2D eigenvalue weighted by atomic mass is 32.2. The van der Waals surface area contributed by atoms with Gasteiger partial charge in [-0.1, -0.05) is 12.1 Å². The summed E-state index contributed by atoms with van der Waals surface area (Å²) in [4.78, 5) is 25.6. The summed E-state index contributed by atoms with van der Waals surface area (Å²) in [6, 6.07) is 11.8. The highest BCUT2D eigenvalue weighted by Crippen LogP contribution is 2.29. The van der Waals surface area contributed by atoms with E-state index in [2.05, 4.69) is 5.32 Å². The van der Waals surface area contributed by atoms with E-state index in [1.54, 1.807) is 9.13 Å². The highest BCUT2D eigenvalue weighted by molar-refractivity contribution is 7.89. The van der Waals surface area contributed by atoms with Crippen LogP contribution < -0.4 is 15.7 Å². The summed E-state index contributed by atoms with van der Waals surface area (Å²) in [5.41, 5.74) is 1.66. The van der Waals surface area contributed by atoms with E-state index in [1.165, 1.54) is 29.6 Å². The third-order valence-corrected chi connectivity index (χ3v) is 7.75. The molecule has 2 heterocycles. The van der Waals surface area contributed by atoms with Crippen LogP contribution in [0.2, 0.25) is 0 Å². The van der Waals surface area contributed by atoms with Crippen LogP contribution in [0.5, 0.6) is 5.75 Å². The predicted molar refractivity (Wildman–Crippen MR) is 128 cm³/mol. The number of morpholine rings is 1. The molecule has 1 amide bonds. The van der Waals surface area contributed by atoms with Gasteiger partial charge in [0.1, 0.15) is 5.75 Å². The first-order valence-corrected chi connectivity index (χ1v) is 12.5. The van der Waals surface area contributed by atoms with Crippen LogP contribution in [0.15, 0.2) is 52.2 Å². The summed E-state index contributed by atoms with van der Waals surface area (Å²) in [6.07, 6.45) is 0.0290. The molecule has 11 heteroatoms. The number of amides is 1. The standard InChI is InChI=1S/C23H28N4O6S/c1-3-26-19-6-4-5-7-20(19)27(23(26)29)11-10-22(28)24-18-16-17(8-9-21(18)32-2)34(30,31)25-12-14-33-15-13-25/h4-9,16H,3,10-15H2,1-2H3,(H,24,28). The first-order valence-electron chi connectivity index (χ1n) is 11.1. The molecule has 1 fully saturated rings. The van der Waals surface area contributed by atoms with Crippen LogP contribution in [0, 0.1) is 0 Å². The zero-order valence-corrected chi connectivity index (χ0v) is 20.0. The number of hydrogen-bond acceptors (Lipinski definition) is 6. The van der Waals surface area contributed by atoms with E-state index in [0.29, 0.717) is 25.5 Å². The summed E-state index contributed by atoms with van der Waals surface area (Å²) >= 11 is 0. The van der Waals surface area contributed by atoms with E-state index in [9.17, 15) is 18.0 Å². The molecule has 0 atom stereocenters. The molecule has 0 saturated carbocycles. The lowest BCUT2D eigenvalue weighted by molar-refractivity contribution is -0.116. The van der Waals surface area contributed by atoms with Crippen LogP contribution in [-0.2, 0) is 32.6 Å². The lowest BCUT2D eigenvalue weighted by Crippen LogP contribution is -2.40. The number of nitrogens with zero attached hydrogens (tertiary/aromatic N) is 3. The lowest BCUT2D eigenvalue weighted by Gasteiger charge is -2.26. The van der Waals surface area contributed by atoms with Crippen LogP contribution >= 0.6 is 0 Å². The van der Waals surface area contributed by atoms with E-state index in [1.807, 2.05) is 31.2 Å². The Bertz CT molecular complexity index is 1360. The van der Waals surface area contributed by atoms with Crippen LogP contribution in [-0.4, -0.2) is 61.2 Å². The van der Waals surface area contributed by atoms with Gasteiger partial charge in [0.05, 0.1) is 41.9 Å². The predicted octanol–water partition coefficient (Wildman–Crippen LogP) is 1.88. The average molecular weight is 489 g/mol. The second-order valence-electron chi connectivity index (χ2n) is 7.84. The quantitative estimate of drug-likeness (QED) is 0.518. The topological polar surface area (TPSA) is 112 Å². The number of carbonyl (C=O) groups is 1. The first-order chi connectivity index (χ1) is 16.4. The van der Waals surface area contributed by atoms with Crippen molar-refractivity contribution in [1.29, 1.82) is 0 Å². The summed E-state index contributed by atoms with van der Waals surface area (Å²) in [7, 11) is -2.29. The molecule has 182 valence electrons. The van der Waals surface area contributed by atoms with E-state index < -0.39 is 10.0 Å². The molecular weight excluding hydrogens is 460 g/mol. The largest absolute Gasteiger partial charge is 0.495 e. The summed E-state index contributed by atoms with van der Waals surface area (Å²) in [6.45, 7) is 3.84. The Morgan fingerprint density at radius 3 is 2.41 bits per heavy atom. The lowest BCUT2D eigenvalue weighted by atomic mass is 10.2. The number of nitrogens with one attached hydrogen (secondary N) is 1. The van der Waals surface area contributed by atoms with Crippen molar-refractivity contribution < 1.29 is 22.7 Å². The van der Waals surface area contributed by atoms with Gasteiger partial charge < -0.3 is 14.8 Å². The van der Waals surface area contributed by atoms with Gasteiger partial charge in [-0.25, -0.2) is 13.2 Å². The molecule has 4 rings (SSSR count). The van der Waals surface area contributed by atoms with Gasteiger partial charge in [0.2, 0.25) is 15.9 Å². The molecule has 1 saturated heterocycles. The Balaban J connectivity index is 1.53. The highest BCUT2D eigenvalue weighted by Gasteiger charge is 2.27. The maximum atomic E-state index is 13.0. The van der Waals surface area contributed by atoms with Crippen molar-refractivity contribution in [2.45, 2.75) is 31.3 Å². The van der Waals surface area contributed by atoms with Gasteiger partial charge in [-0.2, -0.15) is 4.31 Å². The zero-order chi connectivity index (χ0) is 24.3. The smallest absolute Gasteiger partial charge is 0.329 e. The molecule has 3 aromatic rings. The minimum absolute atomic E-state index is 0.0290. The van der Waals surface area contributed by atoms with Crippen molar-refractivity contribution in [2.75, 3.05) is 38.7 Å². The van der Waals surface area contributed by atoms with Gasteiger partial charge in [0, 0.05) is 32.6 Å². The van der Waals surface area contributed by atoms with Gasteiger partial charge in [0.25, 0.3) is 0 Å². The molecule has 0 aliphatic carbocycles. The minimum Gasteiger partial charge on any atom is -0.495 e. The van der Waals surface area contributed by atoms with Crippen molar-refractivity contribution in [3.8, 4) is 5.75 Å². The average Bonchev–Trinajstić information content (AvgIpc) is 3.13. The summed E-state index contributed by atoms with van der Waals surface area (Å²) in [5, 5.41) is 2.74. The van der Waals surface area contributed by atoms with Gasteiger partial charge in [-0.3, -0.25) is 13.9 Å². The number of para-hydroxylation sites is 2. The number of rotatable bonds is 8. The molecule has 10 nitrogen and oxygen atoms in total. The van der Waals surface area contributed by atoms with Gasteiger partial charge in [0.15, 0.2) is 0 Å². The normalized spacial score (nSPS) is 14.9. The van der Waals surface area contributed by atoms with E-state index >= 15 is 0 Å². The Labute approximate surface area is 197 Å². The van der Waals surface area contributed by atoms with E-state index in [0.717, 1.165) is 11.0 Å². The minimum atomic E-state index is -3.73.